The summed E-state index contributed by atoms with van der Waals surface area (Å²) in [4.78, 5) is 55.9. The maximum absolute atomic E-state index is 14.0. The molecule has 0 saturated carbocycles. The fraction of sp³-hybridized carbons (Fsp3) is 0.278. The minimum atomic E-state index is -0.683. The molecule has 2 aliphatic heterocycles. The second-order valence-corrected chi connectivity index (χ2v) is 11.1. The quantitative estimate of drug-likeness (QED) is 0.192. The van der Waals surface area contributed by atoms with Gasteiger partial charge in [0.15, 0.2) is 0 Å². The molecule has 2 heterocycles. The van der Waals surface area contributed by atoms with E-state index in [1.165, 1.54) is 9.80 Å². The summed E-state index contributed by atoms with van der Waals surface area (Å²) < 4.78 is 10.6. The highest BCUT2D eigenvalue weighted by Gasteiger charge is 2.41. The van der Waals surface area contributed by atoms with E-state index < -0.39 is 36.1 Å². The van der Waals surface area contributed by atoms with Gasteiger partial charge in [-0.3, -0.25) is 9.59 Å². The lowest BCUT2D eigenvalue weighted by Gasteiger charge is -2.25. The molecule has 44 heavy (non-hydrogen) atoms. The third kappa shape index (κ3) is 7.32. The van der Waals surface area contributed by atoms with Gasteiger partial charge in [0.2, 0.25) is 5.91 Å². The molecule has 5 rings (SSSR count). The molecule has 0 aromatic heterocycles. The van der Waals surface area contributed by atoms with Crippen LogP contribution in [0.1, 0.15) is 29.5 Å². The molecular formula is C36H36N2O6. The van der Waals surface area contributed by atoms with E-state index in [9.17, 15) is 19.2 Å². The molecular weight excluding hydrogens is 556 g/mol. The van der Waals surface area contributed by atoms with Crippen molar-refractivity contribution in [3.63, 3.8) is 0 Å². The van der Waals surface area contributed by atoms with Gasteiger partial charge in [-0.05, 0) is 42.4 Å². The second kappa shape index (κ2) is 14.5. The summed E-state index contributed by atoms with van der Waals surface area (Å²) in [6, 6.07) is 27.9. The van der Waals surface area contributed by atoms with Crippen LogP contribution in [0, 0.1) is 5.92 Å². The van der Waals surface area contributed by atoms with Crippen LogP contribution in [-0.2, 0) is 38.3 Å². The average molecular weight is 593 g/mol. The summed E-state index contributed by atoms with van der Waals surface area (Å²) in [7, 11) is 0. The van der Waals surface area contributed by atoms with E-state index in [0.29, 0.717) is 24.8 Å². The Kier molecular flexibility index (Phi) is 10.0. The monoisotopic (exact) mass is 592 g/mol. The number of benzene rings is 3. The van der Waals surface area contributed by atoms with E-state index in [0.717, 1.165) is 16.7 Å². The Balaban J connectivity index is 1.39. The van der Waals surface area contributed by atoms with Crippen LogP contribution in [0.25, 0.3) is 0 Å². The Bertz CT molecular complexity index is 1510. The molecule has 0 N–H and O–H groups in total. The predicted octanol–water partition coefficient (Wildman–Crippen LogP) is 5.92. The second-order valence-electron chi connectivity index (χ2n) is 11.1. The number of ether oxygens (including phenoxy) is 2. The van der Waals surface area contributed by atoms with Crippen molar-refractivity contribution < 1.29 is 28.7 Å². The van der Waals surface area contributed by atoms with E-state index in [2.05, 4.69) is 6.58 Å². The van der Waals surface area contributed by atoms with Crippen LogP contribution in [-0.4, -0.2) is 59.1 Å². The molecule has 3 aromatic carbocycles. The first-order valence-corrected chi connectivity index (χ1v) is 14.9. The highest BCUT2D eigenvalue weighted by molar-refractivity contribution is 6.04. The molecule has 0 spiro atoms. The number of hydrogen-bond acceptors (Lipinski definition) is 6. The number of carbonyl (C=O) groups is 4. The molecule has 0 bridgehead atoms. The van der Waals surface area contributed by atoms with Gasteiger partial charge in [0, 0.05) is 17.9 Å². The molecule has 226 valence electrons. The summed E-state index contributed by atoms with van der Waals surface area (Å²) in [5.74, 6) is -1.48. The van der Waals surface area contributed by atoms with Crippen molar-refractivity contribution in [2.75, 3.05) is 13.2 Å². The molecule has 2 aliphatic rings. The minimum absolute atomic E-state index is 0.107. The summed E-state index contributed by atoms with van der Waals surface area (Å²) in [5, 5.41) is 0. The highest BCUT2D eigenvalue weighted by Crippen LogP contribution is 2.26. The zero-order valence-corrected chi connectivity index (χ0v) is 24.5. The van der Waals surface area contributed by atoms with Crippen LogP contribution in [0.2, 0.25) is 0 Å². The van der Waals surface area contributed by atoms with E-state index in [-0.39, 0.29) is 32.0 Å². The van der Waals surface area contributed by atoms with Gasteiger partial charge >= 0.3 is 12.2 Å². The molecule has 8 heteroatoms. The maximum atomic E-state index is 14.0. The Morgan fingerprint density at radius 1 is 0.727 bits per heavy atom. The van der Waals surface area contributed by atoms with Crippen molar-refractivity contribution in [3.05, 3.63) is 132 Å². The fourth-order valence-electron chi connectivity index (χ4n) is 5.70. The molecule has 0 radical (unpaired) electrons. The topological polar surface area (TPSA) is 93.2 Å². The van der Waals surface area contributed by atoms with Gasteiger partial charge in [0.25, 0.3) is 5.91 Å². The van der Waals surface area contributed by atoms with Crippen LogP contribution < -0.4 is 0 Å². The van der Waals surface area contributed by atoms with Crippen LogP contribution >= 0.6 is 0 Å². The Morgan fingerprint density at radius 3 is 1.73 bits per heavy atom. The third-order valence-corrected chi connectivity index (χ3v) is 7.97. The molecule has 0 aliphatic carbocycles. The average Bonchev–Trinajstić information content (AvgIpc) is 3.60. The lowest BCUT2D eigenvalue weighted by Crippen LogP contribution is -2.43. The van der Waals surface area contributed by atoms with Gasteiger partial charge in [0.05, 0.1) is 12.1 Å². The number of rotatable bonds is 12. The first kappa shape index (κ1) is 30.5. The number of nitrogens with zero attached hydrogens (tertiary/aromatic N) is 2. The number of carbonyl (C=O) groups excluding carboxylic acids is 4. The van der Waals surface area contributed by atoms with E-state index in [1.807, 2.05) is 91.0 Å². The molecule has 2 saturated heterocycles. The zero-order valence-electron chi connectivity index (χ0n) is 24.5. The summed E-state index contributed by atoms with van der Waals surface area (Å²) in [5.41, 5.74) is 3.24. The van der Waals surface area contributed by atoms with Crippen LogP contribution in [0.3, 0.4) is 0 Å². The number of imide groups is 2. The molecule has 4 amide bonds. The summed E-state index contributed by atoms with van der Waals surface area (Å²) >= 11 is 0. The number of allylic oxidation sites excluding steroid dienone is 2. The lowest BCUT2D eigenvalue weighted by atomic mass is 9.94. The Morgan fingerprint density at radius 2 is 1.20 bits per heavy atom. The largest absolute Gasteiger partial charge is 0.447 e. The SMILES string of the molecule is C=CCC(C/C=C(\Cc1ccccc1)C(=O)N1C(=O)OCC1Cc1ccccc1)C(=O)N1C(=O)OCC1Cc1ccccc1. The normalized spacial score (nSPS) is 19.0. The summed E-state index contributed by atoms with van der Waals surface area (Å²) in [6.45, 7) is 4.05. The van der Waals surface area contributed by atoms with Crippen LogP contribution in [0.4, 0.5) is 9.59 Å². The first-order chi connectivity index (χ1) is 21.4. The molecule has 3 atom stereocenters. The smallest absolute Gasteiger partial charge is 0.417 e. The van der Waals surface area contributed by atoms with Crippen molar-refractivity contribution >= 4 is 24.0 Å². The van der Waals surface area contributed by atoms with Crippen molar-refractivity contribution in [3.8, 4) is 0 Å². The molecule has 3 aromatic rings. The van der Waals surface area contributed by atoms with Crippen LogP contribution in [0.15, 0.2) is 115 Å². The van der Waals surface area contributed by atoms with Gasteiger partial charge in [0.1, 0.15) is 13.2 Å². The third-order valence-electron chi connectivity index (χ3n) is 7.97. The Hall–Kier alpha value is -4.98. The zero-order chi connectivity index (χ0) is 30.9. The molecule has 8 nitrogen and oxygen atoms in total. The maximum Gasteiger partial charge on any atom is 0.417 e. The predicted molar refractivity (Wildman–Crippen MR) is 165 cm³/mol. The van der Waals surface area contributed by atoms with Crippen molar-refractivity contribution in [2.45, 2.75) is 44.2 Å². The van der Waals surface area contributed by atoms with Crippen molar-refractivity contribution in [1.82, 2.24) is 9.80 Å². The van der Waals surface area contributed by atoms with E-state index in [1.54, 1.807) is 12.2 Å². The van der Waals surface area contributed by atoms with E-state index in [4.69, 9.17) is 9.47 Å². The number of cyclic esters (lactones) is 2. The lowest BCUT2D eigenvalue weighted by molar-refractivity contribution is -0.133. The fourth-order valence-corrected chi connectivity index (χ4v) is 5.70. The molecule has 3 unspecified atom stereocenters. The molecule has 2 fully saturated rings. The first-order valence-electron chi connectivity index (χ1n) is 14.9. The van der Waals surface area contributed by atoms with Gasteiger partial charge in [-0.15, -0.1) is 6.58 Å². The minimum Gasteiger partial charge on any atom is -0.447 e. The number of hydrogen-bond donors (Lipinski definition) is 0. The van der Waals surface area contributed by atoms with Crippen molar-refractivity contribution in [2.24, 2.45) is 5.92 Å². The van der Waals surface area contributed by atoms with Gasteiger partial charge < -0.3 is 9.47 Å². The van der Waals surface area contributed by atoms with Gasteiger partial charge in [-0.2, -0.15) is 0 Å². The van der Waals surface area contributed by atoms with Crippen molar-refractivity contribution in [1.29, 1.82) is 0 Å². The van der Waals surface area contributed by atoms with Gasteiger partial charge in [-0.25, -0.2) is 19.4 Å². The number of amides is 4. The van der Waals surface area contributed by atoms with Gasteiger partial charge in [-0.1, -0.05) is 103 Å². The Labute approximate surface area is 257 Å². The summed E-state index contributed by atoms with van der Waals surface area (Å²) in [6.07, 6.45) is 3.69. The standard InChI is InChI=1S/C36H36N2O6/c1-2-12-29(33(39)37-31(24-43-35(37)41)22-27-15-8-4-9-16-27)19-20-30(21-26-13-6-3-7-14-26)34(40)38-32(25-44-36(38)42)23-28-17-10-5-11-18-28/h2-11,13-18,20,29,31-32H,1,12,19,21-25H2/b30-20+. The van der Waals surface area contributed by atoms with Crippen LogP contribution in [0.5, 0.6) is 0 Å². The van der Waals surface area contributed by atoms with E-state index >= 15 is 0 Å². The highest BCUT2D eigenvalue weighted by atomic mass is 16.6.